The minimum Gasteiger partial charge on any atom is -0.434 e. The highest BCUT2D eigenvalue weighted by molar-refractivity contribution is 6.12. The first-order valence-corrected chi connectivity index (χ1v) is 10.3. The van der Waals surface area contributed by atoms with Gasteiger partial charge >= 0.3 is 12.3 Å². The number of carbonyl (C=O) groups excluding carboxylic acids is 2. The van der Waals surface area contributed by atoms with Crippen molar-refractivity contribution < 1.29 is 28.5 Å². The number of carbonyl (C=O) groups is 2. The van der Waals surface area contributed by atoms with Gasteiger partial charge in [-0.05, 0) is 12.8 Å². The predicted molar refractivity (Wildman–Crippen MR) is 115 cm³/mol. The van der Waals surface area contributed by atoms with Crippen molar-refractivity contribution in [3.63, 3.8) is 0 Å². The molecule has 3 rings (SSSR count). The van der Waals surface area contributed by atoms with Gasteiger partial charge in [0.15, 0.2) is 0 Å². The van der Waals surface area contributed by atoms with Crippen LogP contribution in [-0.4, -0.2) is 25.5 Å². The Bertz CT molecular complexity index is 888. The summed E-state index contributed by atoms with van der Waals surface area (Å²) >= 11 is 0. The van der Waals surface area contributed by atoms with E-state index in [0.717, 1.165) is 25.7 Å². The number of unbranched alkanes of at least 4 members (excludes halogenated alkanes) is 2. The van der Waals surface area contributed by atoms with Crippen molar-refractivity contribution in [2.45, 2.75) is 39.5 Å². The Morgan fingerprint density at radius 3 is 1.27 bits per heavy atom. The molecule has 0 radical (unpaired) electrons. The molecule has 0 spiro atoms. The third-order valence-electron chi connectivity index (χ3n) is 4.64. The van der Waals surface area contributed by atoms with Gasteiger partial charge < -0.3 is 18.9 Å². The lowest BCUT2D eigenvalue weighted by atomic mass is 10.0. The fraction of sp³-hybridized carbons (Fsp3) is 0.333. The molecule has 0 aliphatic carbocycles. The van der Waals surface area contributed by atoms with Gasteiger partial charge in [-0.3, -0.25) is 0 Å². The quantitative estimate of drug-likeness (QED) is 0.180. The van der Waals surface area contributed by atoms with Crippen LogP contribution in [0.2, 0.25) is 0 Å². The first-order chi connectivity index (χ1) is 14.7. The molecular weight excluding hydrogens is 384 g/mol. The van der Waals surface area contributed by atoms with E-state index in [1.807, 2.05) is 62.4 Å². The van der Waals surface area contributed by atoms with E-state index in [9.17, 15) is 9.59 Å². The highest BCUT2D eigenvalue weighted by Gasteiger charge is 2.20. The molecule has 0 aliphatic rings. The Labute approximate surface area is 175 Å². The van der Waals surface area contributed by atoms with E-state index in [1.54, 1.807) is 0 Å². The molecule has 0 saturated heterocycles. The standard InChI is InChI=1S/C24H26O6/c1-3-5-15-27-23(25)29-21-17-11-7-9-13-19(17)22(20-14-10-8-12-18(20)21)30-24(26)28-16-6-4-2/h7-14H,3-6,15-16H2,1-2H3. The number of hydrogen-bond acceptors (Lipinski definition) is 6. The number of benzene rings is 3. The van der Waals surface area contributed by atoms with Crippen LogP contribution in [0.1, 0.15) is 39.5 Å². The van der Waals surface area contributed by atoms with E-state index in [0.29, 0.717) is 46.3 Å². The van der Waals surface area contributed by atoms with E-state index >= 15 is 0 Å². The molecule has 0 N–H and O–H groups in total. The van der Waals surface area contributed by atoms with Crippen LogP contribution in [0.25, 0.3) is 21.5 Å². The second-order valence-electron chi connectivity index (χ2n) is 6.86. The number of hydrogen-bond donors (Lipinski definition) is 0. The summed E-state index contributed by atoms with van der Waals surface area (Å²) in [4.78, 5) is 24.5. The van der Waals surface area contributed by atoms with E-state index in [-0.39, 0.29) is 0 Å². The van der Waals surface area contributed by atoms with Crippen LogP contribution in [0.5, 0.6) is 11.5 Å². The molecule has 6 nitrogen and oxygen atoms in total. The maximum atomic E-state index is 12.2. The Kier molecular flexibility index (Phi) is 7.49. The SMILES string of the molecule is CCCCOC(=O)Oc1c2ccccc2c(OC(=O)OCCCC)c2ccccc12. The Balaban J connectivity index is 2.02. The van der Waals surface area contributed by atoms with Crippen LogP contribution in [0.15, 0.2) is 48.5 Å². The largest absolute Gasteiger partial charge is 0.513 e. The predicted octanol–water partition coefficient (Wildman–Crippen LogP) is 6.62. The molecule has 158 valence electrons. The lowest BCUT2D eigenvalue weighted by Gasteiger charge is -2.16. The summed E-state index contributed by atoms with van der Waals surface area (Å²) in [6.45, 7) is 4.63. The molecule has 0 aromatic heterocycles. The molecule has 0 bridgehead atoms. The molecule has 3 aromatic rings. The summed E-state index contributed by atoms with van der Waals surface area (Å²) in [5.74, 6) is 0.740. The average molecular weight is 410 g/mol. The van der Waals surface area contributed by atoms with Gasteiger partial charge in [-0.1, -0.05) is 75.2 Å². The second-order valence-corrected chi connectivity index (χ2v) is 6.86. The average Bonchev–Trinajstić information content (AvgIpc) is 2.76. The van der Waals surface area contributed by atoms with Crippen LogP contribution in [0.4, 0.5) is 9.59 Å². The Morgan fingerprint density at radius 2 is 0.967 bits per heavy atom. The number of ether oxygens (including phenoxy) is 4. The van der Waals surface area contributed by atoms with E-state index in [2.05, 4.69) is 0 Å². The zero-order chi connectivity index (χ0) is 21.3. The molecule has 3 aromatic carbocycles. The topological polar surface area (TPSA) is 71.1 Å². The lowest BCUT2D eigenvalue weighted by molar-refractivity contribution is 0.0970. The highest BCUT2D eigenvalue weighted by Crippen LogP contribution is 2.42. The van der Waals surface area contributed by atoms with Crippen molar-refractivity contribution >= 4 is 33.9 Å². The summed E-state index contributed by atoms with van der Waals surface area (Å²) in [6, 6.07) is 14.6. The minimum atomic E-state index is -0.758. The Hall–Kier alpha value is -3.28. The monoisotopic (exact) mass is 410 g/mol. The molecule has 0 heterocycles. The van der Waals surface area contributed by atoms with Gasteiger partial charge in [0.05, 0.1) is 13.2 Å². The summed E-state index contributed by atoms with van der Waals surface area (Å²) in [5, 5.41) is 2.56. The molecule has 30 heavy (non-hydrogen) atoms. The molecular formula is C24H26O6. The van der Waals surface area contributed by atoms with Crippen molar-refractivity contribution in [1.29, 1.82) is 0 Å². The first kappa shape index (κ1) is 21.4. The van der Waals surface area contributed by atoms with Crippen molar-refractivity contribution in [1.82, 2.24) is 0 Å². The zero-order valence-electron chi connectivity index (χ0n) is 17.3. The summed E-state index contributed by atoms with van der Waals surface area (Å²) in [7, 11) is 0. The third kappa shape index (κ3) is 5.00. The van der Waals surface area contributed by atoms with Gasteiger partial charge in [0.25, 0.3) is 0 Å². The third-order valence-corrected chi connectivity index (χ3v) is 4.64. The lowest BCUT2D eigenvalue weighted by Crippen LogP contribution is -2.13. The fourth-order valence-corrected chi connectivity index (χ4v) is 3.09. The minimum absolute atomic E-state index is 0.302. The molecule has 6 heteroatoms. The van der Waals surface area contributed by atoms with Crippen molar-refractivity contribution in [2.24, 2.45) is 0 Å². The number of fused-ring (bicyclic) bond motifs is 2. The number of rotatable bonds is 8. The normalized spacial score (nSPS) is 10.7. The van der Waals surface area contributed by atoms with Crippen LogP contribution in [-0.2, 0) is 9.47 Å². The van der Waals surface area contributed by atoms with Gasteiger partial charge in [-0.25, -0.2) is 9.59 Å². The maximum Gasteiger partial charge on any atom is 0.513 e. The van der Waals surface area contributed by atoms with Gasteiger partial charge in [0.1, 0.15) is 11.5 Å². The molecule has 0 saturated carbocycles. The van der Waals surface area contributed by atoms with E-state index < -0.39 is 12.3 Å². The zero-order valence-corrected chi connectivity index (χ0v) is 17.3. The van der Waals surface area contributed by atoms with Crippen LogP contribution in [0, 0.1) is 0 Å². The van der Waals surface area contributed by atoms with Crippen LogP contribution < -0.4 is 9.47 Å². The van der Waals surface area contributed by atoms with Crippen LogP contribution >= 0.6 is 0 Å². The molecule has 0 unspecified atom stereocenters. The summed E-state index contributed by atoms with van der Waals surface area (Å²) in [6.07, 6.45) is 1.85. The molecule has 0 fully saturated rings. The van der Waals surface area contributed by atoms with Crippen molar-refractivity contribution in [3.8, 4) is 11.5 Å². The Morgan fingerprint density at radius 1 is 0.633 bits per heavy atom. The van der Waals surface area contributed by atoms with Gasteiger partial charge in [-0.2, -0.15) is 0 Å². The fourth-order valence-electron chi connectivity index (χ4n) is 3.09. The second kappa shape index (κ2) is 10.5. The van der Waals surface area contributed by atoms with Gasteiger partial charge in [0.2, 0.25) is 0 Å². The van der Waals surface area contributed by atoms with Crippen molar-refractivity contribution in [2.75, 3.05) is 13.2 Å². The molecule has 0 atom stereocenters. The van der Waals surface area contributed by atoms with Crippen LogP contribution in [0.3, 0.4) is 0 Å². The molecule has 0 amide bonds. The molecule has 0 aliphatic heterocycles. The summed E-state index contributed by atoms with van der Waals surface area (Å²) < 4.78 is 21.5. The first-order valence-electron chi connectivity index (χ1n) is 10.3. The van der Waals surface area contributed by atoms with Crippen molar-refractivity contribution in [3.05, 3.63) is 48.5 Å². The van der Waals surface area contributed by atoms with Gasteiger partial charge in [0, 0.05) is 21.5 Å². The summed E-state index contributed by atoms with van der Waals surface area (Å²) in [5.41, 5.74) is 0. The van der Waals surface area contributed by atoms with E-state index in [4.69, 9.17) is 18.9 Å². The van der Waals surface area contributed by atoms with Gasteiger partial charge in [-0.15, -0.1) is 0 Å². The maximum absolute atomic E-state index is 12.2. The van der Waals surface area contributed by atoms with E-state index in [1.165, 1.54) is 0 Å². The smallest absolute Gasteiger partial charge is 0.434 e. The highest BCUT2D eigenvalue weighted by atomic mass is 16.7.